The van der Waals surface area contributed by atoms with E-state index in [-0.39, 0.29) is 12.1 Å². The summed E-state index contributed by atoms with van der Waals surface area (Å²) in [5.74, 6) is 0.979. The number of hydrogen-bond donors (Lipinski definition) is 3. The number of nitrogens with one attached hydrogen (secondary N) is 2. The SMILES string of the molecule is CC(C)NC(=O)Nc1ccc(-c2c(N)c3ccc(SCCn4ccnc4)cc3n2C2CCC2)cc1. The van der Waals surface area contributed by atoms with Crippen LogP contribution in [-0.4, -0.2) is 31.9 Å². The molecule has 4 aromatic rings. The molecule has 1 aliphatic rings. The Labute approximate surface area is 210 Å². The lowest BCUT2D eigenvalue weighted by Crippen LogP contribution is -2.34. The zero-order chi connectivity index (χ0) is 24.4. The van der Waals surface area contributed by atoms with Crippen molar-refractivity contribution in [3.05, 3.63) is 61.2 Å². The summed E-state index contributed by atoms with van der Waals surface area (Å²) in [4.78, 5) is 17.4. The molecule has 2 amide bonds. The molecule has 7 nitrogen and oxygen atoms in total. The zero-order valence-electron chi connectivity index (χ0n) is 20.2. The van der Waals surface area contributed by atoms with Gasteiger partial charge in [-0.3, -0.25) is 0 Å². The number of anilines is 2. The van der Waals surface area contributed by atoms with Gasteiger partial charge in [0.1, 0.15) is 0 Å². The maximum atomic E-state index is 12.1. The monoisotopic (exact) mass is 488 g/mol. The summed E-state index contributed by atoms with van der Waals surface area (Å²) in [6, 6.07) is 14.9. The van der Waals surface area contributed by atoms with Crippen LogP contribution in [0.1, 0.15) is 39.2 Å². The molecule has 0 aliphatic heterocycles. The number of nitrogens with two attached hydrogens (primary N) is 1. The van der Waals surface area contributed by atoms with E-state index in [9.17, 15) is 4.79 Å². The van der Waals surface area contributed by atoms with E-state index in [1.807, 2.05) is 68.6 Å². The van der Waals surface area contributed by atoms with Gasteiger partial charge in [0.05, 0.1) is 23.2 Å². The molecule has 1 fully saturated rings. The first-order valence-electron chi connectivity index (χ1n) is 12.2. The van der Waals surface area contributed by atoms with Gasteiger partial charge >= 0.3 is 6.03 Å². The zero-order valence-corrected chi connectivity index (χ0v) is 21.0. The van der Waals surface area contributed by atoms with Crippen LogP contribution < -0.4 is 16.4 Å². The molecule has 8 heteroatoms. The van der Waals surface area contributed by atoms with Gasteiger partial charge in [-0.2, -0.15) is 0 Å². The number of imidazole rings is 1. The number of aryl methyl sites for hydroxylation is 1. The van der Waals surface area contributed by atoms with Crippen LogP contribution in [0.2, 0.25) is 0 Å². The Bertz CT molecular complexity index is 1310. The molecule has 2 aromatic carbocycles. The minimum Gasteiger partial charge on any atom is -0.396 e. The highest BCUT2D eigenvalue weighted by atomic mass is 32.2. The Morgan fingerprint density at radius 2 is 2.00 bits per heavy atom. The van der Waals surface area contributed by atoms with Gasteiger partial charge in [-0.05, 0) is 63.4 Å². The van der Waals surface area contributed by atoms with E-state index in [4.69, 9.17) is 5.73 Å². The Morgan fingerprint density at radius 3 is 2.66 bits per heavy atom. The van der Waals surface area contributed by atoms with Crippen molar-refractivity contribution < 1.29 is 4.79 Å². The number of benzene rings is 2. The number of fused-ring (bicyclic) bond motifs is 1. The molecule has 5 rings (SSSR count). The topological polar surface area (TPSA) is 89.9 Å². The van der Waals surface area contributed by atoms with Gasteiger partial charge in [-0.1, -0.05) is 12.1 Å². The fourth-order valence-electron chi connectivity index (χ4n) is 4.55. The Kier molecular flexibility index (Phi) is 6.72. The third-order valence-electron chi connectivity index (χ3n) is 6.47. The van der Waals surface area contributed by atoms with E-state index in [0.29, 0.717) is 6.04 Å². The van der Waals surface area contributed by atoms with Gasteiger partial charge in [0, 0.05) is 58.3 Å². The van der Waals surface area contributed by atoms with E-state index in [0.717, 1.165) is 40.3 Å². The molecule has 4 N–H and O–H groups in total. The molecular formula is C27H32N6OS. The lowest BCUT2D eigenvalue weighted by molar-refractivity contribution is 0.250. The molecule has 0 unspecified atom stereocenters. The van der Waals surface area contributed by atoms with Gasteiger partial charge in [-0.25, -0.2) is 9.78 Å². The van der Waals surface area contributed by atoms with Crippen molar-refractivity contribution >= 4 is 40.1 Å². The first-order chi connectivity index (χ1) is 17.0. The van der Waals surface area contributed by atoms with Crippen LogP contribution in [0, 0.1) is 0 Å². The molecule has 1 saturated carbocycles. The van der Waals surface area contributed by atoms with Gasteiger partial charge in [0.15, 0.2) is 0 Å². The number of nitrogens with zero attached hydrogens (tertiary/aromatic N) is 3. The Hall–Kier alpha value is -3.39. The third-order valence-corrected chi connectivity index (χ3v) is 7.44. The first kappa shape index (κ1) is 23.4. The molecule has 0 atom stereocenters. The number of carbonyl (C=O) groups is 1. The number of urea groups is 1. The van der Waals surface area contributed by atoms with Crippen molar-refractivity contribution in [1.29, 1.82) is 0 Å². The molecule has 2 aromatic heterocycles. The van der Waals surface area contributed by atoms with Crippen LogP contribution in [0.25, 0.3) is 22.2 Å². The van der Waals surface area contributed by atoms with Crippen molar-refractivity contribution in [3.63, 3.8) is 0 Å². The minimum absolute atomic E-state index is 0.0845. The molecule has 1 aliphatic carbocycles. The van der Waals surface area contributed by atoms with Gasteiger partial charge in [0.2, 0.25) is 0 Å². The van der Waals surface area contributed by atoms with Crippen LogP contribution >= 0.6 is 11.8 Å². The second-order valence-corrected chi connectivity index (χ2v) is 10.5. The summed E-state index contributed by atoms with van der Waals surface area (Å²) in [5.41, 5.74) is 11.7. The van der Waals surface area contributed by atoms with Crippen LogP contribution in [-0.2, 0) is 6.54 Å². The Morgan fingerprint density at radius 1 is 1.20 bits per heavy atom. The molecule has 0 bridgehead atoms. The van der Waals surface area contributed by atoms with E-state index in [1.54, 1.807) is 0 Å². The second kappa shape index (κ2) is 10.1. The van der Waals surface area contributed by atoms with Crippen molar-refractivity contribution in [2.45, 2.75) is 56.6 Å². The summed E-state index contributed by atoms with van der Waals surface area (Å²) in [6.07, 6.45) is 9.25. The second-order valence-electron chi connectivity index (χ2n) is 9.38. The number of amides is 2. The smallest absolute Gasteiger partial charge is 0.319 e. The van der Waals surface area contributed by atoms with E-state index in [2.05, 4.69) is 43.0 Å². The van der Waals surface area contributed by atoms with Crippen molar-refractivity contribution in [2.75, 3.05) is 16.8 Å². The predicted molar refractivity (Wildman–Crippen MR) is 145 cm³/mol. The average molecular weight is 489 g/mol. The molecule has 35 heavy (non-hydrogen) atoms. The minimum atomic E-state index is -0.200. The lowest BCUT2D eigenvalue weighted by atomic mass is 9.92. The number of carbonyl (C=O) groups excluding carboxylic acids is 1. The standard InChI is InChI=1S/C27H32N6OS/c1-18(2)30-27(34)31-20-8-6-19(7-9-20)26-25(28)23-11-10-22(35-15-14-32-13-12-29-17-32)16-24(23)33(26)21-4-3-5-21/h6-13,16-18,21H,3-5,14-15,28H2,1-2H3,(H2,30,31,34). The molecular weight excluding hydrogens is 456 g/mol. The third kappa shape index (κ3) is 5.03. The molecule has 182 valence electrons. The highest BCUT2D eigenvalue weighted by molar-refractivity contribution is 7.99. The van der Waals surface area contributed by atoms with Gasteiger partial charge in [0.25, 0.3) is 0 Å². The number of nitrogen functional groups attached to an aromatic ring is 1. The van der Waals surface area contributed by atoms with Crippen molar-refractivity contribution in [3.8, 4) is 11.3 Å². The molecule has 2 heterocycles. The lowest BCUT2D eigenvalue weighted by Gasteiger charge is -2.30. The highest BCUT2D eigenvalue weighted by Gasteiger charge is 2.27. The predicted octanol–water partition coefficient (Wildman–Crippen LogP) is 6.13. The highest BCUT2D eigenvalue weighted by Crippen LogP contribution is 2.45. The van der Waals surface area contributed by atoms with Crippen LogP contribution in [0.4, 0.5) is 16.2 Å². The van der Waals surface area contributed by atoms with Gasteiger partial charge < -0.3 is 25.5 Å². The fraction of sp³-hybridized carbons (Fsp3) is 0.333. The number of aromatic nitrogens is 3. The average Bonchev–Trinajstić information content (AvgIpc) is 3.40. The maximum absolute atomic E-state index is 12.1. The molecule has 0 radical (unpaired) electrons. The largest absolute Gasteiger partial charge is 0.396 e. The summed E-state index contributed by atoms with van der Waals surface area (Å²) in [7, 11) is 0. The summed E-state index contributed by atoms with van der Waals surface area (Å²) in [6.45, 7) is 4.80. The van der Waals surface area contributed by atoms with E-state index in [1.165, 1.54) is 29.7 Å². The van der Waals surface area contributed by atoms with Crippen LogP contribution in [0.15, 0.2) is 66.1 Å². The van der Waals surface area contributed by atoms with Crippen LogP contribution in [0.5, 0.6) is 0 Å². The van der Waals surface area contributed by atoms with Gasteiger partial charge in [-0.15, -0.1) is 11.8 Å². The fourth-order valence-corrected chi connectivity index (χ4v) is 5.45. The van der Waals surface area contributed by atoms with Crippen molar-refractivity contribution in [1.82, 2.24) is 19.4 Å². The normalized spacial score (nSPS) is 13.8. The quantitative estimate of drug-likeness (QED) is 0.260. The summed E-state index contributed by atoms with van der Waals surface area (Å²) in [5, 5.41) is 6.85. The summed E-state index contributed by atoms with van der Waals surface area (Å²) < 4.78 is 4.55. The molecule has 0 spiro atoms. The Balaban J connectivity index is 1.43. The number of thioether (sulfide) groups is 1. The van der Waals surface area contributed by atoms with Crippen LogP contribution in [0.3, 0.4) is 0 Å². The number of rotatable bonds is 8. The van der Waals surface area contributed by atoms with E-state index >= 15 is 0 Å². The molecule has 0 saturated heterocycles. The first-order valence-corrected chi connectivity index (χ1v) is 13.2. The van der Waals surface area contributed by atoms with E-state index < -0.39 is 0 Å². The van der Waals surface area contributed by atoms with Crippen molar-refractivity contribution in [2.24, 2.45) is 0 Å². The maximum Gasteiger partial charge on any atom is 0.319 e. The number of hydrogen-bond acceptors (Lipinski definition) is 4. The summed E-state index contributed by atoms with van der Waals surface area (Å²) >= 11 is 1.85.